The van der Waals surface area contributed by atoms with E-state index in [0.29, 0.717) is 0 Å². The molecule has 0 saturated carbocycles. The molecule has 0 aliphatic rings. The molecule has 0 bridgehead atoms. The van der Waals surface area contributed by atoms with Gasteiger partial charge in [0.25, 0.3) is 0 Å². The molecule has 0 aromatic heterocycles. The minimum atomic E-state index is 1.22. The second-order valence-electron chi connectivity index (χ2n) is 2.78. The van der Waals surface area contributed by atoms with E-state index in [2.05, 4.69) is 26.1 Å². The van der Waals surface area contributed by atoms with Crippen LogP contribution in [0.15, 0.2) is 0 Å². The van der Waals surface area contributed by atoms with Crippen molar-refractivity contribution in [2.24, 2.45) is 0 Å². The van der Waals surface area contributed by atoms with E-state index in [0.717, 1.165) is 0 Å². The Bertz CT molecular complexity index is 44.7. The Morgan fingerprint density at radius 1 is 0.800 bits per heavy atom. The van der Waals surface area contributed by atoms with Gasteiger partial charge in [-0.2, -0.15) is 0 Å². The van der Waals surface area contributed by atoms with E-state index in [1.54, 1.807) is 0 Å². The summed E-state index contributed by atoms with van der Waals surface area (Å²) in [5.41, 5.74) is 0. The van der Waals surface area contributed by atoms with Crippen LogP contribution in [0.4, 0.5) is 0 Å². The molecular formula is C9H19Pd. The van der Waals surface area contributed by atoms with Gasteiger partial charge in [0.05, 0.1) is 0 Å². The van der Waals surface area contributed by atoms with Crippen molar-refractivity contribution in [1.82, 2.24) is 0 Å². The summed E-state index contributed by atoms with van der Waals surface area (Å²) in [6.45, 7) is 2.26. The Morgan fingerprint density at radius 2 is 1.30 bits per heavy atom. The van der Waals surface area contributed by atoms with E-state index < -0.39 is 0 Å². The van der Waals surface area contributed by atoms with Gasteiger partial charge in [-0.25, -0.2) is 0 Å². The molecule has 0 saturated heterocycles. The quantitative estimate of drug-likeness (QED) is 0.465. The molecule has 0 radical (unpaired) electrons. The molecule has 0 aromatic carbocycles. The molecule has 0 fully saturated rings. The Kier molecular flexibility index (Phi) is 10.3. The second kappa shape index (κ2) is 9.66. The second-order valence-corrected chi connectivity index (χ2v) is 3.56. The number of rotatable bonds is 7. The Morgan fingerprint density at radius 3 is 1.80 bits per heavy atom. The fourth-order valence-electron chi connectivity index (χ4n) is 1.04. The Labute approximate surface area is 76.2 Å². The molecule has 0 aliphatic heterocycles. The molecule has 0 nitrogen and oxygen atoms in total. The topological polar surface area (TPSA) is 0 Å². The Hall–Kier alpha value is 0.662. The summed E-state index contributed by atoms with van der Waals surface area (Å²) in [6.07, 6.45) is 9.92. The van der Waals surface area contributed by atoms with Crippen molar-refractivity contribution < 1.29 is 19.2 Å². The van der Waals surface area contributed by atoms with Crippen LogP contribution in [0.1, 0.15) is 51.9 Å². The number of hydrogen-bond donors (Lipinski definition) is 0. The van der Waals surface area contributed by atoms with E-state index >= 15 is 0 Å². The zero-order chi connectivity index (χ0) is 7.66. The van der Waals surface area contributed by atoms with Crippen molar-refractivity contribution in [1.29, 1.82) is 0 Å². The summed E-state index contributed by atoms with van der Waals surface area (Å²) in [4.78, 5) is 1.22. The molecule has 0 amide bonds. The maximum atomic E-state index is 3.20. The minimum absolute atomic E-state index is 1.22. The Balaban J connectivity index is 2.65. The van der Waals surface area contributed by atoms with Crippen LogP contribution in [-0.4, -0.2) is 0 Å². The van der Waals surface area contributed by atoms with Crippen molar-refractivity contribution in [2.45, 2.75) is 56.8 Å². The van der Waals surface area contributed by atoms with E-state index in [4.69, 9.17) is 0 Å². The SMILES string of the molecule is CCCCCCCC[CH2][Pd]. The first kappa shape index (κ1) is 10.7. The molecule has 0 heterocycles. The fraction of sp³-hybridized carbons (Fsp3) is 1.00. The summed E-state index contributed by atoms with van der Waals surface area (Å²) in [6, 6.07) is 0. The van der Waals surface area contributed by atoms with Gasteiger partial charge in [0.15, 0.2) is 0 Å². The monoisotopic (exact) mass is 233 g/mol. The fourth-order valence-corrected chi connectivity index (χ4v) is 1.42. The van der Waals surface area contributed by atoms with Crippen LogP contribution in [0.5, 0.6) is 0 Å². The van der Waals surface area contributed by atoms with Gasteiger partial charge in [0, 0.05) is 0 Å². The van der Waals surface area contributed by atoms with Gasteiger partial charge in [-0.1, -0.05) is 0 Å². The molecule has 10 heavy (non-hydrogen) atoms. The molecule has 0 aliphatic carbocycles. The average molecular weight is 234 g/mol. The van der Waals surface area contributed by atoms with E-state index in [1.165, 1.54) is 49.8 Å². The maximum absolute atomic E-state index is 3.20. The molecule has 65 valence electrons. The summed E-state index contributed by atoms with van der Waals surface area (Å²) in [5, 5.41) is 0. The van der Waals surface area contributed by atoms with Gasteiger partial charge >= 0.3 is 76.0 Å². The first-order valence-corrected chi connectivity index (χ1v) is 5.53. The first-order chi connectivity index (χ1) is 4.91. The van der Waals surface area contributed by atoms with E-state index in [9.17, 15) is 0 Å². The summed E-state index contributed by atoms with van der Waals surface area (Å²) >= 11 is 3.20. The van der Waals surface area contributed by atoms with Crippen LogP contribution in [0.2, 0.25) is 4.89 Å². The van der Waals surface area contributed by atoms with Crippen LogP contribution in [0.3, 0.4) is 0 Å². The van der Waals surface area contributed by atoms with E-state index in [-0.39, 0.29) is 0 Å². The normalized spacial score (nSPS) is 10.3. The van der Waals surface area contributed by atoms with Crippen molar-refractivity contribution in [3.63, 3.8) is 0 Å². The van der Waals surface area contributed by atoms with Gasteiger partial charge < -0.3 is 0 Å². The summed E-state index contributed by atoms with van der Waals surface area (Å²) < 4.78 is 0. The number of unbranched alkanes of at least 4 members (excludes halogenated alkanes) is 6. The predicted molar refractivity (Wildman–Crippen MR) is 42.8 cm³/mol. The van der Waals surface area contributed by atoms with Crippen molar-refractivity contribution >= 4 is 0 Å². The van der Waals surface area contributed by atoms with Crippen molar-refractivity contribution in [3.05, 3.63) is 0 Å². The molecule has 0 spiro atoms. The third-order valence-corrected chi connectivity index (χ3v) is 2.26. The molecule has 0 N–H and O–H groups in total. The van der Waals surface area contributed by atoms with Gasteiger partial charge in [0.1, 0.15) is 0 Å². The van der Waals surface area contributed by atoms with Crippen LogP contribution >= 0.6 is 0 Å². The molecule has 0 aromatic rings. The third kappa shape index (κ3) is 8.66. The molecule has 0 unspecified atom stereocenters. The van der Waals surface area contributed by atoms with Gasteiger partial charge in [-0.3, -0.25) is 0 Å². The first-order valence-electron chi connectivity index (χ1n) is 4.43. The summed E-state index contributed by atoms with van der Waals surface area (Å²) in [7, 11) is 0. The van der Waals surface area contributed by atoms with E-state index in [1.807, 2.05) is 0 Å². The van der Waals surface area contributed by atoms with Gasteiger partial charge in [0.2, 0.25) is 0 Å². The molecule has 0 atom stereocenters. The number of hydrogen-bond acceptors (Lipinski definition) is 0. The van der Waals surface area contributed by atoms with Crippen LogP contribution in [-0.2, 0) is 19.2 Å². The summed E-state index contributed by atoms with van der Waals surface area (Å²) in [5.74, 6) is 0. The van der Waals surface area contributed by atoms with Crippen LogP contribution < -0.4 is 0 Å². The molecular weight excluding hydrogens is 215 g/mol. The average Bonchev–Trinajstić information content (AvgIpc) is 1.97. The molecule has 1 heteroatoms. The van der Waals surface area contributed by atoms with Gasteiger partial charge in [-0.05, 0) is 0 Å². The molecule has 0 rings (SSSR count). The van der Waals surface area contributed by atoms with Crippen LogP contribution in [0, 0.1) is 0 Å². The zero-order valence-electron chi connectivity index (χ0n) is 6.97. The van der Waals surface area contributed by atoms with Crippen molar-refractivity contribution in [2.75, 3.05) is 0 Å². The van der Waals surface area contributed by atoms with Crippen LogP contribution in [0.25, 0.3) is 0 Å². The standard InChI is InChI=1S/C9H19.Pd/c1-3-5-7-9-8-6-4-2;/h1,3-9H2,2H3;. The van der Waals surface area contributed by atoms with Gasteiger partial charge in [-0.15, -0.1) is 0 Å². The zero-order valence-corrected chi connectivity index (χ0v) is 8.53. The third-order valence-electron chi connectivity index (χ3n) is 1.72. The predicted octanol–water partition coefficient (Wildman–Crippen LogP) is 3.70. The van der Waals surface area contributed by atoms with Crippen molar-refractivity contribution in [3.8, 4) is 0 Å².